The number of rotatable bonds is 4. The quantitative estimate of drug-likeness (QED) is 0.513. The van der Waals surface area contributed by atoms with Crippen molar-refractivity contribution in [3.05, 3.63) is 45.0 Å². The van der Waals surface area contributed by atoms with Gasteiger partial charge in [-0.15, -0.1) is 5.10 Å². The van der Waals surface area contributed by atoms with Crippen LogP contribution in [0.3, 0.4) is 0 Å². The fraction of sp³-hybridized carbons (Fsp3) is 0.333. The Morgan fingerprint density at radius 2 is 1.83 bits per heavy atom. The molecule has 0 unspecified atom stereocenters. The molecule has 0 saturated heterocycles. The van der Waals surface area contributed by atoms with Crippen molar-refractivity contribution in [1.29, 1.82) is 0 Å². The Kier molecular flexibility index (Phi) is 3.73. The smallest absolute Gasteiger partial charge is 0.333 e. The number of imidazole rings is 1. The first-order valence-corrected chi connectivity index (χ1v) is 7.35. The minimum absolute atomic E-state index is 0.198. The number of hydrogen-bond donors (Lipinski definition) is 0. The zero-order valence-corrected chi connectivity index (χ0v) is 12.9. The van der Waals surface area contributed by atoms with Gasteiger partial charge in [0.2, 0.25) is 5.78 Å². The molecule has 0 amide bonds. The molecule has 3 aromatic rings. The summed E-state index contributed by atoms with van der Waals surface area (Å²) in [6.07, 6.45) is 0. The minimum Gasteiger partial charge on any atom is -0.465 e. The molecule has 2 heterocycles. The maximum atomic E-state index is 12.5. The first kappa shape index (κ1) is 15.0. The third kappa shape index (κ3) is 2.32. The molecule has 3 rings (SSSR count). The van der Waals surface area contributed by atoms with E-state index < -0.39 is 17.1 Å². The van der Waals surface area contributed by atoms with Crippen molar-refractivity contribution in [2.75, 3.05) is 6.61 Å². The summed E-state index contributed by atoms with van der Waals surface area (Å²) in [5.41, 5.74) is -0.174. The molecule has 0 N–H and O–H groups in total. The van der Waals surface area contributed by atoms with Crippen LogP contribution in [-0.2, 0) is 22.6 Å². The van der Waals surface area contributed by atoms with Crippen LogP contribution in [0.25, 0.3) is 16.8 Å². The van der Waals surface area contributed by atoms with E-state index in [1.807, 2.05) is 23.6 Å². The van der Waals surface area contributed by atoms with Crippen molar-refractivity contribution >= 4 is 22.8 Å². The second kappa shape index (κ2) is 5.71. The Morgan fingerprint density at radius 3 is 2.48 bits per heavy atom. The number of ether oxygens (including phenoxy) is 1. The zero-order chi connectivity index (χ0) is 16.6. The Bertz CT molecular complexity index is 1010. The van der Waals surface area contributed by atoms with Crippen molar-refractivity contribution < 1.29 is 9.53 Å². The first-order chi connectivity index (χ1) is 11.1. The summed E-state index contributed by atoms with van der Waals surface area (Å²) >= 11 is 0. The lowest BCUT2D eigenvalue weighted by molar-refractivity contribution is -0.144. The number of carbonyl (C=O) groups is 1. The number of esters is 1. The predicted octanol–water partition coefficient (Wildman–Crippen LogP) is 0.394. The fourth-order valence-electron chi connectivity index (χ4n) is 2.62. The molecular weight excluding hydrogens is 300 g/mol. The molecule has 0 aliphatic rings. The molecular formula is C15H16N4O4. The maximum Gasteiger partial charge on any atom is 0.333 e. The average molecular weight is 316 g/mol. The summed E-state index contributed by atoms with van der Waals surface area (Å²) < 4.78 is 8.77. The van der Waals surface area contributed by atoms with E-state index >= 15 is 0 Å². The molecule has 0 bridgehead atoms. The molecule has 8 nitrogen and oxygen atoms in total. The summed E-state index contributed by atoms with van der Waals surface area (Å²) in [5, 5.41) is 4.20. The average Bonchev–Trinajstić information content (AvgIpc) is 2.85. The summed E-state index contributed by atoms with van der Waals surface area (Å²) in [7, 11) is 0. The van der Waals surface area contributed by atoms with E-state index in [1.54, 1.807) is 19.1 Å². The Hall–Kier alpha value is -2.90. The van der Waals surface area contributed by atoms with E-state index in [4.69, 9.17) is 4.74 Å². The highest BCUT2D eigenvalue weighted by Crippen LogP contribution is 2.17. The molecule has 23 heavy (non-hydrogen) atoms. The highest BCUT2D eigenvalue weighted by Gasteiger charge is 2.17. The number of aryl methyl sites for hydroxylation is 1. The van der Waals surface area contributed by atoms with Gasteiger partial charge in [-0.25, -0.2) is 9.08 Å². The number of carbonyl (C=O) groups excluding carboxylic acids is 1. The Morgan fingerprint density at radius 1 is 1.13 bits per heavy atom. The lowest BCUT2D eigenvalue weighted by Crippen LogP contribution is -2.42. The lowest BCUT2D eigenvalue weighted by atomic mass is 10.3. The molecule has 0 aliphatic heterocycles. The summed E-state index contributed by atoms with van der Waals surface area (Å²) in [5.74, 6) is -0.285. The van der Waals surface area contributed by atoms with E-state index in [2.05, 4.69) is 5.10 Å². The third-order valence-electron chi connectivity index (χ3n) is 3.59. The van der Waals surface area contributed by atoms with E-state index in [1.165, 1.54) is 4.40 Å². The second-order valence-electron chi connectivity index (χ2n) is 4.94. The number of para-hydroxylation sites is 2. The zero-order valence-electron chi connectivity index (χ0n) is 12.9. The van der Waals surface area contributed by atoms with Crippen molar-refractivity contribution in [1.82, 2.24) is 18.7 Å². The van der Waals surface area contributed by atoms with Crippen LogP contribution in [0.15, 0.2) is 33.9 Å². The van der Waals surface area contributed by atoms with Gasteiger partial charge in [-0.2, -0.15) is 0 Å². The van der Waals surface area contributed by atoms with E-state index in [9.17, 15) is 14.4 Å². The minimum atomic E-state index is -0.852. The molecule has 0 saturated carbocycles. The topological polar surface area (TPSA) is 87.6 Å². The van der Waals surface area contributed by atoms with Crippen LogP contribution >= 0.6 is 0 Å². The largest absolute Gasteiger partial charge is 0.465 e. The second-order valence-corrected chi connectivity index (χ2v) is 4.94. The van der Waals surface area contributed by atoms with Crippen LogP contribution in [0.1, 0.15) is 13.8 Å². The number of fused-ring (bicyclic) bond motifs is 3. The Labute approximate surface area is 130 Å². The highest BCUT2D eigenvalue weighted by atomic mass is 16.5. The molecule has 8 heteroatoms. The van der Waals surface area contributed by atoms with Crippen LogP contribution in [0.5, 0.6) is 0 Å². The SMILES string of the molecule is CCOC(=O)Cn1nc2n(CC)c3ccccc3n2c(=O)c1=O. The predicted molar refractivity (Wildman–Crippen MR) is 83.5 cm³/mol. The van der Waals surface area contributed by atoms with Crippen LogP contribution in [-0.4, -0.2) is 31.3 Å². The van der Waals surface area contributed by atoms with Gasteiger partial charge in [0.25, 0.3) is 0 Å². The highest BCUT2D eigenvalue weighted by molar-refractivity contribution is 5.80. The van der Waals surface area contributed by atoms with Gasteiger partial charge < -0.3 is 9.30 Å². The van der Waals surface area contributed by atoms with Crippen LogP contribution in [0, 0.1) is 0 Å². The molecule has 0 spiro atoms. The van der Waals surface area contributed by atoms with Crippen LogP contribution in [0.2, 0.25) is 0 Å². The first-order valence-electron chi connectivity index (χ1n) is 7.35. The molecule has 0 radical (unpaired) electrons. The summed E-state index contributed by atoms with van der Waals surface area (Å²) in [6, 6.07) is 7.25. The number of benzene rings is 1. The molecule has 0 fully saturated rings. The van der Waals surface area contributed by atoms with Crippen LogP contribution < -0.4 is 11.1 Å². The summed E-state index contributed by atoms with van der Waals surface area (Å²) in [6.45, 7) is 3.97. The number of nitrogens with zero attached hydrogens (tertiary/aromatic N) is 4. The van der Waals surface area contributed by atoms with Crippen molar-refractivity contribution in [3.8, 4) is 0 Å². The number of aromatic nitrogens is 4. The molecule has 2 aromatic heterocycles. The van der Waals surface area contributed by atoms with Crippen molar-refractivity contribution in [2.45, 2.75) is 26.9 Å². The van der Waals surface area contributed by atoms with Gasteiger partial charge in [0.15, 0.2) is 0 Å². The molecule has 1 aromatic carbocycles. The standard InChI is InChI=1S/C15H16N4O4/c1-3-17-10-7-5-6-8-11(10)19-14(22)13(21)18(16-15(17)19)9-12(20)23-4-2/h5-8H,3-4,9H2,1-2H3. The van der Waals surface area contributed by atoms with Gasteiger partial charge in [0, 0.05) is 6.54 Å². The van der Waals surface area contributed by atoms with Crippen molar-refractivity contribution in [2.24, 2.45) is 0 Å². The van der Waals surface area contributed by atoms with E-state index in [0.29, 0.717) is 17.8 Å². The van der Waals surface area contributed by atoms with Gasteiger partial charge in [-0.05, 0) is 26.0 Å². The molecule has 0 atom stereocenters. The van der Waals surface area contributed by atoms with Gasteiger partial charge in [-0.1, -0.05) is 12.1 Å². The monoisotopic (exact) mass is 316 g/mol. The van der Waals surface area contributed by atoms with Gasteiger partial charge in [0.1, 0.15) is 6.54 Å². The Balaban J connectivity index is 2.33. The van der Waals surface area contributed by atoms with Crippen molar-refractivity contribution in [3.63, 3.8) is 0 Å². The molecule has 0 aliphatic carbocycles. The molecule has 120 valence electrons. The van der Waals surface area contributed by atoms with Crippen LogP contribution in [0.4, 0.5) is 0 Å². The lowest BCUT2D eigenvalue weighted by Gasteiger charge is -2.05. The van der Waals surface area contributed by atoms with E-state index in [-0.39, 0.29) is 13.2 Å². The van der Waals surface area contributed by atoms with E-state index in [0.717, 1.165) is 10.2 Å². The third-order valence-corrected chi connectivity index (χ3v) is 3.59. The van der Waals surface area contributed by atoms with Gasteiger partial charge in [0.05, 0.1) is 17.6 Å². The fourth-order valence-corrected chi connectivity index (χ4v) is 2.62. The normalized spacial score (nSPS) is 11.2. The van der Waals surface area contributed by atoms with Gasteiger partial charge >= 0.3 is 17.1 Å². The summed E-state index contributed by atoms with van der Waals surface area (Å²) in [4.78, 5) is 36.3. The number of hydrogen-bond acceptors (Lipinski definition) is 5. The maximum absolute atomic E-state index is 12.5. The van der Waals surface area contributed by atoms with Gasteiger partial charge in [-0.3, -0.25) is 14.4 Å².